The third kappa shape index (κ3) is 4.18. The Morgan fingerprint density at radius 1 is 0.340 bits per heavy atom. The summed E-state index contributed by atoms with van der Waals surface area (Å²) in [6.45, 7) is 0. The highest BCUT2D eigenvalue weighted by atomic mass is 32.1. The molecular weight excluding hydrogens is 647 g/mol. The van der Waals surface area contributed by atoms with Crippen molar-refractivity contribution in [3.63, 3.8) is 0 Å². The highest BCUT2D eigenvalue weighted by Gasteiger charge is 2.22. The van der Waals surface area contributed by atoms with Crippen LogP contribution in [0.2, 0.25) is 0 Å². The Labute approximate surface area is 294 Å². The summed E-state index contributed by atoms with van der Waals surface area (Å²) in [6.07, 6.45) is 0. The number of hydrogen-bond donors (Lipinski definition) is 0. The fourth-order valence-corrected chi connectivity index (χ4v) is 10.1. The molecule has 0 atom stereocenters. The lowest BCUT2D eigenvalue weighted by molar-refractivity contribution is 1.08. The molecule has 0 amide bonds. The lowest BCUT2D eigenvalue weighted by atomic mass is 9.95. The Morgan fingerprint density at radius 2 is 0.980 bits per heavy atom. The maximum absolute atomic E-state index is 5.38. The van der Waals surface area contributed by atoms with Gasteiger partial charge >= 0.3 is 0 Å². The predicted molar refractivity (Wildman–Crippen MR) is 214 cm³/mol. The average Bonchev–Trinajstić information content (AvgIpc) is 3.75. The number of nitrogens with zero attached hydrogens (tertiary/aromatic N) is 3. The van der Waals surface area contributed by atoms with Crippen molar-refractivity contribution in [2.45, 2.75) is 0 Å². The van der Waals surface area contributed by atoms with Crippen LogP contribution in [0.4, 0.5) is 0 Å². The van der Waals surface area contributed by atoms with E-state index < -0.39 is 0 Å². The normalized spacial score (nSPS) is 12.0. The zero-order valence-electron chi connectivity index (χ0n) is 26.6. The first-order valence-electron chi connectivity index (χ1n) is 16.7. The van der Waals surface area contributed by atoms with Crippen molar-refractivity contribution in [2.24, 2.45) is 0 Å². The van der Waals surface area contributed by atoms with Crippen molar-refractivity contribution in [2.75, 3.05) is 0 Å². The predicted octanol–water partition coefficient (Wildman–Crippen LogP) is 13.1. The molecule has 50 heavy (non-hydrogen) atoms. The Bertz CT molecular complexity index is 3160. The molecule has 0 N–H and O–H groups in total. The summed E-state index contributed by atoms with van der Waals surface area (Å²) in [5.74, 6) is 2.03. The molecule has 0 spiro atoms. The Hall–Kier alpha value is -6.01. The lowest BCUT2D eigenvalue weighted by Crippen LogP contribution is -2.00. The number of fused-ring (bicyclic) bond motifs is 11. The quantitative estimate of drug-likeness (QED) is 0.176. The Morgan fingerprint density at radius 3 is 1.84 bits per heavy atom. The van der Waals surface area contributed by atoms with Crippen LogP contribution in [-0.4, -0.2) is 15.0 Å². The highest BCUT2D eigenvalue weighted by molar-refractivity contribution is 7.27. The van der Waals surface area contributed by atoms with E-state index >= 15 is 0 Å². The smallest absolute Gasteiger partial charge is 0.165 e. The minimum Gasteiger partial charge on any atom is -0.208 e. The molecule has 0 aliphatic carbocycles. The van der Waals surface area contributed by atoms with Crippen molar-refractivity contribution in [3.8, 4) is 34.2 Å². The van der Waals surface area contributed by atoms with Gasteiger partial charge in [-0.05, 0) is 57.3 Å². The maximum atomic E-state index is 5.38. The van der Waals surface area contributed by atoms with E-state index in [1.165, 1.54) is 72.7 Å². The summed E-state index contributed by atoms with van der Waals surface area (Å²) >= 11 is 3.66. The molecule has 3 nitrogen and oxygen atoms in total. The van der Waals surface area contributed by atoms with Crippen LogP contribution in [0, 0.1) is 0 Å². The van der Waals surface area contributed by atoms with Crippen molar-refractivity contribution in [1.82, 2.24) is 15.0 Å². The Kier molecular flexibility index (Phi) is 5.99. The van der Waals surface area contributed by atoms with Crippen molar-refractivity contribution < 1.29 is 0 Å². The molecule has 5 heteroatoms. The van der Waals surface area contributed by atoms with Gasteiger partial charge < -0.3 is 0 Å². The summed E-state index contributed by atoms with van der Waals surface area (Å²) in [7, 11) is 0. The van der Waals surface area contributed by atoms with Crippen LogP contribution >= 0.6 is 22.7 Å². The van der Waals surface area contributed by atoms with E-state index in [-0.39, 0.29) is 0 Å². The van der Waals surface area contributed by atoms with Crippen molar-refractivity contribution >= 4 is 95.3 Å². The second-order valence-corrected chi connectivity index (χ2v) is 14.9. The summed E-state index contributed by atoms with van der Waals surface area (Å²) in [6, 6.07) is 54.2. The van der Waals surface area contributed by atoms with Gasteiger partial charge in [0.05, 0.1) is 0 Å². The first kappa shape index (κ1) is 27.9. The first-order chi connectivity index (χ1) is 24.8. The number of aromatic nitrogens is 3. The summed E-state index contributed by atoms with van der Waals surface area (Å²) in [5, 5.41) is 12.3. The van der Waals surface area contributed by atoms with Gasteiger partial charge in [0, 0.05) is 62.4 Å². The van der Waals surface area contributed by atoms with Crippen LogP contribution in [0.25, 0.3) is 107 Å². The van der Waals surface area contributed by atoms with E-state index in [2.05, 4.69) is 133 Å². The van der Waals surface area contributed by atoms with Crippen molar-refractivity contribution in [3.05, 3.63) is 152 Å². The van der Waals surface area contributed by atoms with Crippen molar-refractivity contribution in [1.29, 1.82) is 0 Å². The standard InChI is InChI=1S/C45H25N3S2/c1-2-12-27(13-3-1)43-46-44(34-19-10-18-33-32-17-8-9-20-37(32)49-41(33)34)48-45(47-43)36-24-30-22-21-26-11-6-7-16-31(26)39(30)42-40(36)35-23-28-14-4-5-15-29(28)25-38(35)50-42/h1-25H. The fraction of sp³-hybridized carbons (Fsp3) is 0. The zero-order chi connectivity index (χ0) is 32.8. The molecule has 8 aromatic carbocycles. The minimum absolute atomic E-state index is 0.667. The van der Waals surface area contributed by atoms with Crippen LogP contribution in [0.3, 0.4) is 0 Å². The molecule has 0 unspecified atom stereocenters. The summed E-state index contributed by atoms with van der Waals surface area (Å²) in [4.78, 5) is 15.8. The van der Waals surface area contributed by atoms with E-state index in [0.29, 0.717) is 17.5 Å². The largest absolute Gasteiger partial charge is 0.208 e. The van der Waals surface area contributed by atoms with Crippen LogP contribution in [0.5, 0.6) is 0 Å². The van der Waals surface area contributed by atoms with Gasteiger partial charge in [0.2, 0.25) is 0 Å². The summed E-state index contributed by atoms with van der Waals surface area (Å²) in [5.41, 5.74) is 3.01. The third-order valence-corrected chi connectivity index (χ3v) is 12.3. The van der Waals surface area contributed by atoms with Gasteiger partial charge in [-0.1, -0.05) is 121 Å². The van der Waals surface area contributed by atoms with Crippen LogP contribution < -0.4 is 0 Å². The molecule has 0 aliphatic heterocycles. The molecule has 0 radical (unpaired) electrons. The van der Waals surface area contributed by atoms with Crippen LogP contribution in [0.1, 0.15) is 0 Å². The number of rotatable bonds is 3. The molecule has 0 saturated carbocycles. The minimum atomic E-state index is 0.667. The first-order valence-corrected chi connectivity index (χ1v) is 18.3. The topological polar surface area (TPSA) is 38.7 Å². The van der Waals surface area contributed by atoms with Gasteiger partial charge in [-0.15, -0.1) is 22.7 Å². The van der Waals surface area contributed by atoms with Gasteiger partial charge in [0.25, 0.3) is 0 Å². The molecule has 0 fully saturated rings. The lowest BCUT2D eigenvalue weighted by Gasteiger charge is -2.12. The fourth-order valence-electron chi connectivity index (χ4n) is 7.55. The number of hydrogen-bond acceptors (Lipinski definition) is 5. The van der Waals surface area contributed by atoms with Gasteiger partial charge in [0.1, 0.15) is 0 Å². The molecule has 11 rings (SSSR count). The molecule has 3 aromatic heterocycles. The maximum Gasteiger partial charge on any atom is 0.165 e. The van der Waals surface area contributed by atoms with Gasteiger partial charge in [-0.2, -0.15) is 0 Å². The van der Waals surface area contributed by atoms with Gasteiger partial charge in [-0.25, -0.2) is 15.0 Å². The van der Waals surface area contributed by atoms with E-state index in [0.717, 1.165) is 16.7 Å². The number of thiophene rings is 2. The zero-order valence-corrected chi connectivity index (χ0v) is 28.2. The van der Waals surface area contributed by atoms with Crippen LogP contribution in [0.15, 0.2) is 152 Å². The van der Waals surface area contributed by atoms with E-state index in [9.17, 15) is 0 Å². The highest BCUT2D eigenvalue weighted by Crippen LogP contribution is 2.47. The third-order valence-electron chi connectivity index (χ3n) is 9.87. The Balaban J connectivity index is 1.28. The molecule has 232 valence electrons. The van der Waals surface area contributed by atoms with Gasteiger partial charge in [-0.3, -0.25) is 0 Å². The molecule has 0 aliphatic rings. The molecular formula is C45H25N3S2. The van der Waals surface area contributed by atoms with E-state index in [1.54, 1.807) is 11.3 Å². The molecule has 3 heterocycles. The number of benzene rings is 8. The van der Waals surface area contributed by atoms with Crippen LogP contribution in [-0.2, 0) is 0 Å². The molecule has 11 aromatic rings. The van der Waals surface area contributed by atoms with Gasteiger partial charge in [0.15, 0.2) is 17.5 Å². The van der Waals surface area contributed by atoms with E-state index in [1.807, 2.05) is 29.5 Å². The second-order valence-electron chi connectivity index (χ2n) is 12.8. The average molecular weight is 672 g/mol. The molecule has 0 saturated heterocycles. The molecule has 0 bridgehead atoms. The monoisotopic (exact) mass is 671 g/mol. The summed E-state index contributed by atoms with van der Waals surface area (Å²) < 4.78 is 4.96. The van der Waals surface area contributed by atoms with E-state index in [4.69, 9.17) is 15.0 Å². The second kappa shape index (κ2) is 10.7. The SMILES string of the molecule is c1ccc(-c2nc(-c3cccc4c3sc3ccccc34)nc(-c3cc4ccc5ccccc5c4c4sc5cc6ccccc6cc5c34)n2)cc1.